The molecule has 0 spiro atoms. The van der Waals surface area contributed by atoms with Gasteiger partial charge in [0.25, 0.3) is 5.91 Å². The standard InChI is InChI=1S/C12H15BrN2O2/c1-3-9(13)12(17)15-10-7-5-4-6-8(10)11(16)14-2/h4-7,9H,3H2,1-2H3,(H,14,16)(H,15,17). The fourth-order valence-corrected chi connectivity index (χ4v) is 1.44. The Balaban J connectivity index is 2.91. The summed E-state index contributed by atoms with van der Waals surface area (Å²) < 4.78 is 0. The molecular weight excluding hydrogens is 284 g/mol. The third-order valence-electron chi connectivity index (χ3n) is 2.30. The summed E-state index contributed by atoms with van der Waals surface area (Å²) in [5.74, 6) is -0.368. The number of nitrogens with one attached hydrogen (secondary N) is 2. The Labute approximate surface area is 109 Å². The molecule has 2 N–H and O–H groups in total. The Morgan fingerprint density at radius 2 is 2.00 bits per heavy atom. The molecule has 17 heavy (non-hydrogen) atoms. The predicted octanol–water partition coefficient (Wildman–Crippen LogP) is 2.16. The van der Waals surface area contributed by atoms with Gasteiger partial charge in [-0.15, -0.1) is 0 Å². The van der Waals surface area contributed by atoms with Gasteiger partial charge < -0.3 is 10.6 Å². The quantitative estimate of drug-likeness (QED) is 0.837. The molecule has 1 aromatic carbocycles. The van der Waals surface area contributed by atoms with Crippen LogP contribution in [0.2, 0.25) is 0 Å². The Hall–Kier alpha value is -1.36. The van der Waals surface area contributed by atoms with E-state index in [9.17, 15) is 9.59 Å². The minimum absolute atomic E-state index is 0.149. The van der Waals surface area contributed by atoms with Crippen molar-refractivity contribution in [2.75, 3.05) is 12.4 Å². The molecule has 1 rings (SSSR count). The third-order valence-corrected chi connectivity index (χ3v) is 3.36. The first-order chi connectivity index (χ1) is 8.10. The summed E-state index contributed by atoms with van der Waals surface area (Å²) in [6.07, 6.45) is 0.688. The zero-order chi connectivity index (χ0) is 12.8. The molecule has 0 saturated carbocycles. The van der Waals surface area contributed by atoms with Crippen LogP contribution < -0.4 is 10.6 Å². The van der Waals surface area contributed by atoms with E-state index in [0.717, 1.165) is 0 Å². The van der Waals surface area contributed by atoms with Crippen LogP contribution in [0.5, 0.6) is 0 Å². The van der Waals surface area contributed by atoms with E-state index in [0.29, 0.717) is 17.7 Å². The Morgan fingerprint density at radius 1 is 1.35 bits per heavy atom. The van der Waals surface area contributed by atoms with Crippen LogP contribution in [0.3, 0.4) is 0 Å². The van der Waals surface area contributed by atoms with E-state index in [1.54, 1.807) is 31.3 Å². The molecule has 0 aromatic heterocycles. The zero-order valence-electron chi connectivity index (χ0n) is 9.79. The van der Waals surface area contributed by atoms with Crippen molar-refractivity contribution in [2.45, 2.75) is 18.2 Å². The molecule has 0 aliphatic heterocycles. The summed E-state index contributed by atoms with van der Waals surface area (Å²) in [5.41, 5.74) is 0.980. The highest BCUT2D eigenvalue weighted by Gasteiger charge is 2.15. The lowest BCUT2D eigenvalue weighted by molar-refractivity contribution is -0.115. The molecule has 0 heterocycles. The first kappa shape index (κ1) is 13.7. The molecule has 1 unspecified atom stereocenters. The number of amides is 2. The molecule has 1 atom stereocenters. The summed E-state index contributed by atoms with van der Waals surface area (Å²) in [5, 5.41) is 5.27. The summed E-state index contributed by atoms with van der Waals surface area (Å²) in [4.78, 5) is 23.0. The van der Waals surface area contributed by atoms with Gasteiger partial charge in [0.2, 0.25) is 5.91 Å². The molecule has 0 radical (unpaired) electrons. The highest BCUT2D eigenvalue weighted by atomic mass is 79.9. The van der Waals surface area contributed by atoms with Crippen LogP contribution in [0, 0.1) is 0 Å². The van der Waals surface area contributed by atoms with Crippen LogP contribution in [0.15, 0.2) is 24.3 Å². The number of halogens is 1. The van der Waals surface area contributed by atoms with Crippen molar-refractivity contribution < 1.29 is 9.59 Å². The van der Waals surface area contributed by atoms with E-state index >= 15 is 0 Å². The minimum atomic E-state index is -0.250. The highest BCUT2D eigenvalue weighted by molar-refractivity contribution is 9.10. The molecule has 5 heteroatoms. The molecule has 0 bridgehead atoms. The average molecular weight is 299 g/mol. The van der Waals surface area contributed by atoms with Crippen molar-refractivity contribution in [1.82, 2.24) is 5.32 Å². The van der Waals surface area contributed by atoms with Crippen molar-refractivity contribution in [3.63, 3.8) is 0 Å². The minimum Gasteiger partial charge on any atom is -0.355 e. The summed E-state index contributed by atoms with van der Waals surface area (Å²) >= 11 is 3.27. The van der Waals surface area contributed by atoms with Gasteiger partial charge in [-0.25, -0.2) is 0 Å². The van der Waals surface area contributed by atoms with Crippen LogP contribution in [0.4, 0.5) is 5.69 Å². The van der Waals surface area contributed by atoms with Crippen LogP contribution in [0.25, 0.3) is 0 Å². The van der Waals surface area contributed by atoms with Gasteiger partial charge in [-0.05, 0) is 18.6 Å². The van der Waals surface area contributed by atoms with Crippen LogP contribution in [-0.2, 0) is 4.79 Å². The molecule has 0 aliphatic rings. The summed E-state index contributed by atoms with van der Waals surface area (Å²) in [7, 11) is 1.56. The molecule has 0 fully saturated rings. The number of hydrogen-bond acceptors (Lipinski definition) is 2. The fraction of sp³-hybridized carbons (Fsp3) is 0.333. The van der Waals surface area contributed by atoms with E-state index in [4.69, 9.17) is 0 Å². The number of carbonyl (C=O) groups is 2. The van der Waals surface area contributed by atoms with Gasteiger partial charge in [-0.2, -0.15) is 0 Å². The first-order valence-corrected chi connectivity index (χ1v) is 6.27. The molecule has 0 saturated heterocycles. The first-order valence-electron chi connectivity index (χ1n) is 5.36. The monoisotopic (exact) mass is 298 g/mol. The van der Waals surface area contributed by atoms with Crippen LogP contribution in [0.1, 0.15) is 23.7 Å². The lowest BCUT2D eigenvalue weighted by atomic mass is 10.1. The third kappa shape index (κ3) is 3.56. The SMILES string of the molecule is CCC(Br)C(=O)Nc1ccccc1C(=O)NC. The average Bonchev–Trinajstić information content (AvgIpc) is 2.37. The largest absolute Gasteiger partial charge is 0.355 e. The lowest BCUT2D eigenvalue weighted by Crippen LogP contribution is -2.25. The maximum Gasteiger partial charge on any atom is 0.253 e. The lowest BCUT2D eigenvalue weighted by Gasteiger charge is -2.12. The Morgan fingerprint density at radius 3 is 2.59 bits per heavy atom. The fourth-order valence-electron chi connectivity index (χ4n) is 1.32. The molecule has 0 aliphatic carbocycles. The van der Waals surface area contributed by atoms with Gasteiger partial charge in [0, 0.05) is 7.05 Å². The van der Waals surface area contributed by atoms with Crippen molar-refractivity contribution in [3.05, 3.63) is 29.8 Å². The van der Waals surface area contributed by atoms with Crippen LogP contribution >= 0.6 is 15.9 Å². The van der Waals surface area contributed by atoms with Gasteiger partial charge in [-0.1, -0.05) is 35.0 Å². The van der Waals surface area contributed by atoms with Gasteiger partial charge in [0.05, 0.1) is 16.1 Å². The predicted molar refractivity (Wildman–Crippen MR) is 71.5 cm³/mol. The second-order valence-electron chi connectivity index (χ2n) is 3.49. The molecule has 2 amide bonds. The van der Waals surface area contributed by atoms with E-state index in [1.807, 2.05) is 6.92 Å². The molecule has 1 aromatic rings. The van der Waals surface area contributed by atoms with E-state index in [2.05, 4.69) is 26.6 Å². The summed E-state index contributed by atoms with van der Waals surface area (Å²) in [6, 6.07) is 6.91. The van der Waals surface area contributed by atoms with Crippen LogP contribution in [-0.4, -0.2) is 23.7 Å². The van der Waals surface area contributed by atoms with Crippen molar-refractivity contribution >= 4 is 33.4 Å². The molecule has 92 valence electrons. The van der Waals surface area contributed by atoms with Crippen molar-refractivity contribution in [1.29, 1.82) is 0 Å². The van der Waals surface area contributed by atoms with Gasteiger partial charge in [0.1, 0.15) is 0 Å². The smallest absolute Gasteiger partial charge is 0.253 e. The number of carbonyl (C=O) groups excluding carboxylic acids is 2. The van der Waals surface area contributed by atoms with Crippen molar-refractivity contribution in [3.8, 4) is 0 Å². The normalized spacial score (nSPS) is 11.7. The Bertz CT molecular complexity index is 421. The topological polar surface area (TPSA) is 58.2 Å². The maximum atomic E-state index is 11.7. The number of para-hydroxylation sites is 1. The maximum absolute atomic E-state index is 11.7. The number of alkyl halides is 1. The zero-order valence-corrected chi connectivity index (χ0v) is 11.4. The van der Waals surface area contributed by atoms with E-state index in [1.165, 1.54) is 0 Å². The summed E-state index contributed by atoms with van der Waals surface area (Å²) in [6.45, 7) is 1.91. The number of rotatable bonds is 4. The molecular formula is C12H15BrN2O2. The number of anilines is 1. The number of hydrogen-bond donors (Lipinski definition) is 2. The Kier molecular flexibility index (Phi) is 5.15. The second-order valence-corrected chi connectivity index (χ2v) is 4.60. The number of benzene rings is 1. The second kappa shape index (κ2) is 6.39. The molecule has 4 nitrogen and oxygen atoms in total. The van der Waals surface area contributed by atoms with Gasteiger partial charge in [-0.3, -0.25) is 9.59 Å². The van der Waals surface area contributed by atoms with E-state index in [-0.39, 0.29) is 16.6 Å². The van der Waals surface area contributed by atoms with Crippen molar-refractivity contribution in [2.24, 2.45) is 0 Å². The van der Waals surface area contributed by atoms with Gasteiger partial charge >= 0.3 is 0 Å². The highest BCUT2D eigenvalue weighted by Crippen LogP contribution is 2.16. The van der Waals surface area contributed by atoms with Gasteiger partial charge in [0.15, 0.2) is 0 Å². The van der Waals surface area contributed by atoms with E-state index < -0.39 is 0 Å².